The van der Waals surface area contributed by atoms with Gasteiger partial charge in [0.1, 0.15) is 18.4 Å². The molecule has 0 aromatic heterocycles. The minimum absolute atomic E-state index is 0.204. The van der Waals surface area contributed by atoms with E-state index in [0.717, 1.165) is 0 Å². The minimum Gasteiger partial charge on any atom is -0.424 e. The number of hydrogen-bond donors (Lipinski definition) is 1. The summed E-state index contributed by atoms with van der Waals surface area (Å²) in [5.74, 6) is -0.640. The molecule has 2 aromatic rings. The number of benzene rings is 2. The van der Waals surface area contributed by atoms with Gasteiger partial charge in [0.05, 0.1) is 0 Å². The maximum Gasteiger partial charge on any atom is 0.333 e. The normalized spacial score (nSPS) is 11.6. The van der Waals surface area contributed by atoms with Crippen LogP contribution in [-0.2, 0) is 21.0 Å². The zero-order valence-corrected chi connectivity index (χ0v) is 13.1. The molecule has 126 valence electrons. The average Bonchev–Trinajstić information content (AvgIpc) is 2.53. The Hall–Kier alpha value is -3.16. The number of amides is 1. The maximum absolute atomic E-state index is 12.0. The summed E-state index contributed by atoms with van der Waals surface area (Å²) in [6.07, 6.45) is 0. The molecule has 1 atom stereocenters. The highest BCUT2D eigenvalue weighted by atomic mass is 16.9. The van der Waals surface area contributed by atoms with E-state index in [1.54, 1.807) is 36.4 Å². The van der Waals surface area contributed by atoms with Crippen molar-refractivity contribution in [2.24, 2.45) is 0 Å². The van der Waals surface area contributed by atoms with E-state index in [0.29, 0.717) is 22.1 Å². The SMILES string of the molecule is CC(=O)N[C@@H](C)C(=O)Oc1ccc(CO[N+](=O)[O-])c2ccccc12. The molecule has 0 aliphatic rings. The monoisotopic (exact) mass is 332 g/mol. The molecule has 24 heavy (non-hydrogen) atoms. The predicted octanol–water partition coefficient (Wildman–Crippen LogP) is 1.98. The Labute approximate surface area is 137 Å². The lowest BCUT2D eigenvalue weighted by molar-refractivity contribution is -0.762. The van der Waals surface area contributed by atoms with Gasteiger partial charge in [0, 0.05) is 12.3 Å². The van der Waals surface area contributed by atoms with Crippen molar-refractivity contribution in [2.45, 2.75) is 26.5 Å². The lowest BCUT2D eigenvalue weighted by atomic mass is 10.0. The fourth-order valence-electron chi connectivity index (χ4n) is 2.23. The van der Waals surface area contributed by atoms with Crippen LogP contribution < -0.4 is 10.1 Å². The van der Waals surface area contributed by atoms with Gasteiger partial charge < -0.3 is 14.9 Å². The van der Waals surface area contributed by atoms with Gasteiger partial charge in [-0.3, -0.25) is 4.79 Å². The van der Waals surface area contributed by atoms with Crippen molar-refractivity contribution in [1.82, 2.24) is 5.32 Å². The zero-order valence-electron chi connectivity index (χ0n) is 13.1. The summed E-state index contributed by atoms with van der Waals surface area (Å²) in [7, 11) is 0. The predicted molar refractivity (Wildman–Crippen MR) is 84.6 cm³/mol. The van der Waals surface area contributed by atoms with Gasteiger partial charge in [-0.25, -0.2) is 4.79 Å². The standard InChI is InChI=1S/C16H16N2O6/c1-10(17-11(2)19)16(20)24-15-8-7-12(9-23-18(21)22)13-5-3-4-6-14(13)15/h3-8,10H,9H2,1-2H3,(H,17,19)/t10-/m0/s1. The smallest absolute Gasteiger partial charge is 0.333 e. The van der Waals surface area contributed by atoms with Gasteiger partial charge in [-0.15, -0.1) is 10.1 Å². The molecular formula is C16H16N2O6. The first-order chi connectivity index (χ1) is 11.4. The van der Waals surface area contributed by atoms with Crippen molar-refractivity contribution in [1.29, 1.82) is 0 Å². The van der Waals surface area contributed by atoms with E-state index in [9.17, 15) is 19.7 Å². The molecule has 0 saturated heterocycles. The molecule has 2 aromatic carbocycles. The molecule has 2 rings (SSSR count). The Bertz CT molecular complexity index is 789. The Balaban J connectivity index is 2.29. The molecule has 1 amide bonds. The Morgan fingerprint density at radius 2 is 1.88 bits per heavy atom. The minimum atomic E-state index is -0.863. The van der Waals surface area contributed by atoms with Crippen LogP contribution in [-0.4, -0.2) is 23.0 Å². The van der Waals surface area contributed by atoms with Gasteiger partial charge in [-0.2, -0.15) is 0 Å². The van der Waals surface area contributed by atoms with Crippen molar-refractivity contribution >= 4 is 22.6 Å². The number of fused-ring (bicyclic) bond motifs is 1. The van der Waals surface area contributed by atoms with E-state index in [1.165, 1.54) is 13.8 Å². The first kappa shape index (κ1) is 17.2. The molecule has 0 bridgehead atoms. The van der Waals surface area contributed by atoms with Crippen LogP contribution in [0.1, 0.15) is 19.4 Å². The van der Waals surface area contributed by atoms with E-state index in [2.05, 4.69) is 10.2 Å². The fraction of sp³-hybridized carbons (Fsp3) is 0.250. The van der Waals surface area contributed by atoms with Crippen molar-refractivity contribution in [3.05, 3.63) is 52.1 Å². The van der Waals surface area contributed by atoms with Crippen LogP contribution in [0.2, 0.25) is 0 Å². The topological polar surface area (TPSA) is 108 Å². The summed E-state index contributed by atoms with van der Waals surface area (Å²) in [5.41, 5.74) is 0.594. The Kier molecular flexibility index (Phi) is 5.31. The van der Waals surface area contributed by atoms with Crippen LogP contribution >= 0.6 is 0 Å². The van der Waals surface area contributed by atoms with Gasteiger partial charge in [0.25, 0.3) is 5.09 Å². The number of esters is 1. The van der Waals surface area contributed by atoms with Gasteiger partial charge in [0.15, 0.2) is 0 Å². The quantitative estimate of drug-likeness (QED) is 0.375. The van der Waals surface area contributed by atoms with Crippen LogP contribution in [0, 0.1) is 10.1 Å². The van der Waals surface area contributed by atoms with Crippen LogP contribution in [0.25, 0.3) is 10.8 Å². The zero-order chi connectivity index (χ0) is 17.7. The number of nitrogens with one attached hydrogen (secondary N) is 1. The largest absolute Gasteiger partial charge is 0.424 e. The Morgan fingerprint density at radius 1 is 1.21 bits per heavy atom. The highest BCUT2D eigenvalue weighted by molar-refractivity contribution is 5.93. The summed E-state index contributed by atoms with van der Waals surface area (Å²) in [5, 5.41) is 13.2. The van der Waals surface area contributed by atoms with Crippen molar-refractivity contribution in [2.75, 3.05) is 0 Å². The van der Waals surface area contributed by atoms with Crippen LogP contribution in [0.15, 0.2) is 36.4 Å². The van der Waals surface area contributed by atoms with E-state index in [4.69, 9.17) is 4.74 Å². The van der Waals surface area contributed by atoms with Crippen molar-refractivity contribution < 1.29 is 24.3 Å². The molecule has 0 aliphatic heterocycles. The third-order valence-corrected chi connectivity index (χ3v) is 3.28. The number of carbonyl (C=O) groups is 2. The molecule has 0 radical (unpaired) electrons. The molecule has 0 spiro atoms. The van der Waals surface area contributed by atoms with E-state index >= 15 is 0 Å². The van der Waals surface area contributed by atoms with Crippen LogP contribution in [0.5, 0.6) is 5.75 Å². The van der Waals surface area contributed by atoms with E-state index in [1.807, 2.05) is 0 Å². The lowest BCUT2D eigenvalue weighted by Gasteiger charge is -2.14. The molecule has 0 unspecified atom stereocenters. The highest BCUT2D eigenvalue weighted by Gasteiger charge is 2.18. The summed E-state index contributed by atoms with van der Waals surface area (Å²) in [6.45, 7) is 2.62. The van der Waals surface area contributed by atoms with Crippen LogP contribution in [0.4, 0.5) is 0 Å². The second kappa shape index (κ2) is 7.40. The molecule has 0 saturated carbocycles. The van der Waals surface area contributed by atoms with Gasteiger partial charge in [-0.05, 0) is 23.9 Å². The second-order valence-electron chi connectivity index (χ2n) is 5.11. The second-order valence-corrected chi connectivity index (χ2v) is 5.11. The van der Waals surface area contributed by atoms with E-state index in [-0.39, 0.29) is 12.5 Å². The number of carbonyl (C=O) groups excluding carboxylic acids is 2. The molecule has 0 fully saturated rings. The summed E-state index contributed by atoms with van der Waals surface area (Å²) in [6, 6.07) is 9.35. The lowest BCUT2D eigenvalue weighted by Crippen LogP contribution is -2.39. The van der Waals surface area contributed by atoms with Gasteiger partial charge in [0.2, 0.25) is 5.91 Å². The van der Waals surface area contributed by atoms with Crippen molar-refractivity contribution in [3.8, 4) is 5.75 Å². The number of hydrogen-bond acceptors (Lipinski definition) is 6. The molecule has 0 heterocycles. The molecule has 8 nitrogen and oxygen atoms in total. The first-order valence-corrected chi connectivity index (χ1v) is 7.15. The summed E-state index contributed by atoms with van der Waals surface area (Å²) in [4.78, 5) is 37.8. The third-order valence-electron chi connectivity index (χ3n) is 3.28. The maximum atomic E-state index is 12.0. The summed E-state index contributed by atoms with van der Waals surface area (Å²) < 4.78 is 5.34. The molecule has 8 heteroatoms. The highest BCUT2D eigenvalue weighted by Crippen LogP contribution is 2.29. The van der Waals surface area contributed by atoms with Gasteiger partial charge >= 0.3 is 5.97 Å². The fourth-order valence-corrected chi connectivity index (χ4v) is 2.23. The average molecular weight is 332 g/mol. The number of ether oxygens (including phenoxy) is 1. The van der Waals surface area contributed by atoms with Crippen LogP contribution in [0.3, 0.4) is 0 Å². The summed E-state index contributed by atoms with van der Waals surface area (Å²) >= 11 is 0. The number of rotatable bonds is 6. The molecular weight excluding hydrogens is 316 g/mol. The van der Waals surface area contributed by atoms with Gasteiger partial charge in [-0.1, -0.05) is 30.3 Å². The molecule has 1 N–H and O–H groups in total. The first-order valence-electron chi connectivity index (χ1n) is 7.15. The van der Waals surface area contributed by atoms with Crippen molar-refractivity contribution in [3.63, 3.8) is 0 Å². The number of nitrogens with zero attached hydrogens (tertiary/aromatic N) is 1. The van der Waals surface area contributed by atoms with E-state index < -0.39 is 17.1 Å². The molecule has 0 aliphatic carbocycles. The third kappa shape index (κ3) is 4.19. The Morgan fingerprint density at radius 3 is 2.50 bits per heavy atom.